The van der Waals surface area contributed by atoms with E-state index >= 15 is 0 Å². The Morgan fingerprint density at radius 2 is 1.95 bits per heavy atom. The standard InChI is InChI=1S/C15H18Br2N2O/c16-11-4-5-13(14(17)9-11)15(20)19-8-2-7-18-6-1-3-12(18)10-19/h4-5,9,12H,1-3,6-8,10H2. The van der Waals surface area contributed by atoms with Crippen LogP contribution in [0.1, 0.15) is 29.6 Å². The highest BCUT2D eigenvalue weighted by Crippen LogP contribution is 2.26. The van der Waals surface area contributed by atoms with E-state index in [-0.39, 0.29) is 5.91 Å². The maximum atomic E-state index is 12.7. The topological polar surface area (TPSA) is 23.6 Å². The van der Waals surface area contributed by atoms with E-state index in [1.165, 1.54) is 19.4 Å². The lowest BCUT2D eigenvalue weighted by atomic mass is 10.1. The number of fused-ring (bicyclic) bond motifs is 1. The summed E-state index contributed by atoms with van der Waals surface area (Å²) in [6, 6.07) is 6.33. The third-order valence-electron chi connectivity index (χ3n) is 4.25. The highest BCUT2D eigenvalue weighted by Gasteiger charge is 2.31. The lowest BCUT2D eigenvalue weighted by Gasteiger charge is -2.26. The van der Waals surface area contributed by atoms with Gasteiger partial charge in [-0.1, -0.05) is 15.9 Å². The first kappa shape index (κ1) is 14.5. The fourth-order valence-corrected chi connectivity index (χ4v) is 4.44. The molecule has 3 nitrogen and oxygen atoms in total. The molecule has 1 amide bonds. The number of halogens is 2. The van der Waals surface area contributed by atoms with Crippen LogP contribution in [-0.2, 0) is 0 Å². The smallest absolute Gasteiger partial charge is 0.255 e. The number of hydrogen-bond acceptors (Lipinski definition) is 2. The molecule has 2 fully saturated rings. The molecule has 0 radical (unpaired) electrons. The summed E-state index contributed by atoms with van der Waals surface area (Å²) < 4.78 is 1.85. The summed E-state index contributed by atoms with van der Waals surface area (Å²) >= 11 is 6.93. The van der Waals surface area contributed by atoms with Gasteiger partial charge in [0.2, 0.25) is 0 Å². The summed E-state index contributed by atoms with van der Waals surface area (Å²) in [7, 11) is 0. The summed E-state index contributed by atoms with van der Waals surface area (Å²) in [5, 5.41) is 0. The van der Waals surface area contributed by atoms with Crippen LogP contribution in [0.2, 0.25) is 0 Å². The van der Waals surface area contributed by atoms with E-state index in [2.05, 4.69) is 36.8 Å². The summed E-state index contributed by atoms with van der Waals surface area (Å²) in [6.07, 6.45) is 3.58. The first-order chi connectivity index (χ1) is 9.65. The fourth-order valence-electron chi connectivity index (χ4n) is 3.22. The van der Waals surface area contributed by atoms with Gasteiger partial charge in [-0.3, -0.25) is 9.69 Å². The SMILES string of the molecule is O=C(c1ccc(Br)cc1Br)N1CCCN2CCCC2C1. The number of benzene rings is 1. The van der Waals surface area contributed by atoms with Gasteiger partial charge in [-0.05, 0) is 59.9 Å². The van der Waals surface area contributed by atoms with E-state index < -0.39 is 0 Å². The highest BCUT2D eigenvalue weighted by atomic mass is 79.9. The Morgan fingerprint density at radius 1 is 1.15 bits per heavy atom. The lowest BCUT2D eigenvalue weighted by molar-refractivity contribution is 0.0742. The van der Waals surface area contributed by atoms with E-state index in [1.54, 1.807) is 0 Å². The quantitative estimate of drug-likeness (QED) is 0.718. The molecule has 2 saturated heterocycles. The molecule has 1 aromatic rings. The third-order valence-corrected chi connectivity index (χ3v) is 5.40. The largest absolute Gasteiger partial charge is 0.337 e. The van der Waals surface area contributed by atoms with Crippen molar-refractivity contribution in [2.75, 3.05) is 26.2 Å². The minimum absolute atomic E-state index is 0.151. The minimum Gasteiger partial charge on any atom is -0.337 e. The van der Waals surface area contributed by atoms with Crippen LogP contribution in [0.3, 0.4) is 0 Å². The van der Waals surface area contributed by atoms with E-state index in [9.17, 15) is 4.79 Å². The van der Waals surface area contributed by atoms with Gasteiger partial charge in [0.25, 0.3) is 5.91 Å². The maximum absolute atomic E-state index is 12.7. The van der Waals surface area contributed by atoms with Crippen molar-refractivity contribution in [1.29, 1.82) is 0 Å². The number of carbonyl (C=O) groups excluding carboxylic acids is 1. The van der Waals surface area contributed by atoms with Crippen LogP contribution in [-0.4, -0.2) is 47.9 Å². The molecule has 0 aromatic heterocycles. The van der Waals surface area contributed by atoms with Crippen molar-refractivity contribution in [3.63, 3.8) is 0 Å². The van der Waals surface area contributed by atoms with Gasteiger partial charge in [0.1, 0.15) is 0 Å². The highest BCUT2D eigenvalue weighted by molar-refractivity contribution is 9.11. The summed E-state index contributed by atoms with van der Waals surface area (Å²) in [5.41, 5.74) is 0.764. The number of carbonyl (C=O) groups is 1. The van der Waals surface area contributed by atoms with Crippen LogP contribution in [0.4, 0.5) is 0 Å². The van der Waals surface area contributed by atoms with Gasteiger partial charge in [0.15, 0.2) is 0 Å². The molecule has 1 unspecified atom stereocenters. The Labute approximate surface area is 136 Å². The van der Waals surface area contributed by atoms with Crippen LogP contribution in [0.25, 0.3) is 0 Å². The number of amides is 1. The maximum Gasteiger partial charge on any atom is 0.255 e. The number of hydrogen-bond donors (Lipinski definition) is 0. The third kappa shape index (κ3) is 2.95. The molecular weight excluding hydrogens is 384 g/mol. The van der Waals surface area contributed by atoms with Crippen LogP contribution in [0.15, 0.2) is 27.1 Å². The molecule has 0 saturated carbocycles. The first-order valence-corrected chi connectivity index (χ1v) is 8.72. The van der Waals surface area contributed by atoms with E-state index in [0.717, 1.165) is 40.6 Å². The van der Waals surface area contributed by atoms with Gasteiger partial charge in [-0.15, -0.1) is 0 Å². The van der Waals surface area contributed by atoms with Gasteiger partial charge < -0.3 is 4.90 Å². The summed E-state index contributed by atoms with van der Waals surface area (Å²) in [4.78, 5) is 17.3. The monoisotopic (exact) mass is 400 g/mol. The summed E-state index contributed by atoms with van der Waals surface area (Å²) in [6.45, 7) is 4.08. The Bertz CT molecular complexity index is 521. The van der Waals surface area contributed by atoms with Crippen LogP contribution in [0.5, 0.6) is 0 Å². The molecule has 108 valence electrons. The molecule has 2 aliphatic heterocycles. The second-order valence-corrected chi connectivity index (χ2v) is 7.33. The van der Waals surface area contributed by atoms with E-state index in [1.807, 2.05) is 23.1 Å². The molecule has 5 heteroatoms. The summed E-state index contributed by atoms with van der Waals surface area (Å²) in [5.74, 6) is 0.151. The van der Waals surface area contributed by atoms with Crippen LogP contribution >= 0.6 is 31.9 Å². The second kappa shape index (κ2) is 6.16. The molecular formula is C15H18Br2N2O. The molecule has 0 aliphatic carbocycles. The fraction of sp³-hybridized carbons (Fsp3) is 0.533. The van der Waals surface area contributed by atoms with Gasteiger partial charge in [-0.25, -0.2) is 0 Å². The molecule has 2 aliphatic rings. The van der Waals surface area contributed by atoms with Gasteiger partial charge in [-0.2, -0.15) is 0 Å². The molecule has 2 heterocycles. The lowest BCUT2D eigenvalue weighted by Crippen LogP contribution is -2.39. The van der Waals surface area contributed by atoms with Crippen molar-refractivity contribution in [3.05, 3.63) is 32.7 Å². The zero-order chi connectivity index (χ0) is 14.1. The van der Waals surface area contributed by atoms with Gasteiger partial charge >= 0.3 is 0 Å². The Kier molecular flexibility index (Phi) is 4.48. The zero-order valence-corrected chi connectivity index (χ0v) is 14.5. The number of nitrogens with zero attached hydrogens (tertiary/aromatic N) is 2. The van der Waals surface area contributed by atoms with Crippen molar-refractivity contribution < 1.29 is 4.79 Å². The van der Waals surface area contributed by atoms with Gasteiger partial charge in [0.05, 0.1) is 5.56 Å². The van der Waals surface area contributed by atoms with E-state index in [4.69, 9.17) is 0 Å². The first-order valence-electron chi connectivity index (χ1n) is 7.13. The average Bonchev–Trinajstić information content (AvgIpc) is 2.75. The average molecular weight is 402 g/mol. The van der Waals surface area contributed by atoms with Crippen molar-refractivity contribution in [1.82, 2.24) is 9.80 Å². The van der Waals surface area contributed by atoms with Gasteiger partial charge in [0, 0.05) is 34.6 Å². The van der Waals surface area contributed by atoms with Crippen molar-refractivity contribution >= 4 is 37.8 Å². The van der Waals surface area contributed by atoms with Crippen molar-refractivity contribution in [3.8, 4) is 0 Å². The molecule has 1 atom stereocenters. The predicted molar refractivity (Wildman–Crippen MR) is 87.0 cm³/mol. The van der Waals surface area contributed by atoms with Crippen LogP contribution in [0, 0.1) is 0 Å². The molecule has 0 spiro atoms. The molecule has 0 N–H and O–H groups in total. The minimum atomic E-state index is 0.151. The van der Waals surface area contributed by atoms with E-state index in [0.29, 0.717) is 6.04 Å². The van der Waals surface area contributed by atoms with Crippen molar-refractivity contribution in [2.45, 2.75) is 25.3 Å². The second-order valence-electron chi connectivity index (χ2n) is 5.56. The Morgan fingerprint density at radius 3 is 2.75 bits per heavy atom. The molecule has 20 heavy (non-hydrogen) atoms. The number of rotatable bonds is 1. The normalized spacial score (nSPS) is 23.5. The predicted octanol–water partition coefficient (Wildman–Crippen LogP) is 3.52. The Hall–Kier alpha value is -0.390. The van der Waals surface area contributed by atoms with Crippen molar-refractivity contribution in [2.24, 2.45) is 0 Å². The zero-order valence-electron chi connectivity index (χ0n) is 11.3. The molecule has 1 aromatic carbocycles. The van der Waals surface area contributed by atoms with Crippen LogP contribution < -0.4 is 0 Å². The molecule has 0 bridgehead atoms. The molecule has 3 rings (SSSR count). The Balaban J connectivity index is 1.79.